The number of anilines is 1. The molecule has 0 aliphatic heterocycles. The summed E-state index contributed by atoms with van der Waals surface area (Å²) in [7, 11) is 1.43. The van der Waals surface area contributed by atoms with Gasteiger partial charge >= 0.3 is 6.18 Å². The molecule has 0 bridgehead atoms. The molecule has 2 rings (SSSR count). The van der Waals surface area contributed by atoms with E-state index in [1.54, 1.807) is 12.1 Å². The van der Waals surface area contributed by atoms with E-state index in [2.05, 4.69) is 21.2 Å². The lowest BCUT2D eigenvalue weighted by molar-refractivity contribution is -0.137. The number of nitrogens with zero attached hydrogens (tertiary/aromatic N) is 1. The van der Waals surface area contributed by atoms with E-state index >= 15 is 0 Å². The summed E-state index contributed by atoms with van der Waals surface area (Å²) in [4.78, 5) is 25.7. The van der Waals surface area contributed by atoms with Gasteiger partial charge in [0, 0.05) is 12.7 Å². The van der Waals surface area contributed by atoms with Crippen molar-refractivity contribution in [1.82, 2.24) is 4.90 Å². The summed E-state index contributed by atoms with van der Waals surface area (Å²) in [5.74, 6) is -0.986. The number of carbonyl (C=O) groups is 2. The molecule has 0 radical (unpaired) electrons. The second kappa shape index (κ2) is 7.76. The standard InChI is InChI=1S/C15H11BrClF3N2O2S/c1-22(14(24)11-4-5-12(16)25-11)7-13(23)21-8-2-3-10(17)9(6-8)15(18,19)20/h2-6H,7H2,1H3,(H,21,23). The first-order valence-corrected chi connectivity index (χ1v) is 8.74. The fourth-order valence-corrected chi connectivity index (χ4v) is 3.53. The van der Waals surface area contributed by atoms with Crippen molar-refractivity contribution in [1.29, 1.82) is 0 Å². The molecule has 2 amide bonds. The van der Waals surface area contributed by atoms with Crippen LogP contribution in [0.15, 0.2) is 34.1 Å². The van der Waals surface area contributed by atoms with E-state index in [4.69, 9.17) is 11.6 Å². The molecule has 0 saturated carbocycles. The molecule has 0 saturated heterocycles. The lowest BCUT2D eigenvalue weighted by atomic mass is 10.2. The monoisotopic (exact) mass is 454 g/mol. The molecule has 2 aromatic rings. The van der Waals surface area contributed by atoms with Crippen molar-refractivity contribution in [2.75, 3.05) is 18.9 Å². The van der Waals surface area contributed by atoms with Crippen LogP contribution in [0.4, 0.5) is 18.9 Å². The van der Waals surface area contributed by atoms with Gasteiger partial charge in [0.15, 0.2) is 0 Å². The van der Waals surface area contributed by atoms with Crippen molar-refractivity contribution in [2.45, 2.75) is 6.18 Å². The fourth-order valence-electron chi connectivity index (χ4n) is 1.93. The minimum Gasteiger partial charge on any atom is -0.332 e. The second-order valence-corrected chi connectivity index (χ2v) is 7.88. The molecular formula is C15H11BrClF3N2O2S. The molecule has 0 atom stereocenters. The molecule has 0 aliphatic rings. The first-order valence-electron chi connectivity index (χ1n) is 6.75. The van der Waals surface area contributed by atoms with E-state index in [-0.39, 0.29) is 18.1 Å². The molecule has 4 nitrogen and oxygen atoms in total. The number of benzene rings is 1. The molecule has 0 fully saturated rings. The first kappa shape index (κ1) is 19.7. The Kier molecular flexibility index (Phi) is 6.12. The number of amides is 2. The van der Waals surface area contributed by atoms with E-state index in [1.165, 1.54) is 29.4 Å². The lowest BCUT2D eigenvalue weighted by Gasteiger charge is -2.16. The van der Waals surface area contributed by atoms with Gasteiger partial charge < -0.3 is 10.2 Å². The van der Waals surface area contributed by atoms with Crippen molar-refractivity contribution in [3.63, 3.8) is 0 Å². The summed E-state index contributed by atoms with van der Waals surface area (Å²) in [6.45, 7) is -0.307. The maximum Gasteiger partial charge on any atom is 0.417 e. The van der Waals surface area contributed by atoms with Crippen LogP contribution in [0.5, 0.6) is 0 Å². The van der Waals surface area contributed by atoms with Crippen LogP contribution in [0.1, 0.15) is 15.2 Å². The highest BCUT2D eigenvalue weighted by Crippen LogP contribution is 2.36. The van der Waals surface area contributed by atoms with Gasteiger partial charge in [-0.1, -0.05) is 11.6 Å². The Morgan fingerprint density at radius 2 is 1.96 bits per heavy atom. The molecule has 134 valence electrons. The highest BCUT2D eigenvalue weighted by molar-refractivity contribution is 9.11. The van der Waals surface area contributed by atoms with E-state index in [1.807, 2.05) is 0 Å². The molecule has 0 spiro atoms. The van der Waals surface area contributed by atoms with Crippen LogP contribution in [0.3, 0.4) is 0 Å². The van der Waals surface area contributed by atoms with Gasteiger partial charge in [-0.15, -0.1) is 11.3 Å². The maximum atomic E-state index is 12.8. The number of thiophene rings is 1. The lowest BCUT2D eigenvalue weighted by Crippen LogP contribution is -2.34. The van der Waals surface area contributed by atoms with Crippen molar-refractivity contribution in [3.05, 3.63) is 49.6 Å². The summed E-state index contributed by atoms with van der Waals surface area (Å²) in [5.41, 5.74) is -1.10. The predicted molar refractivity (Wildman–Crippen MR) is 94.1 cm³/mol. The Labute approximate surface area is 158 Å². The van der Waals surface area contributed by atoms with Crippen molar-refractivity contribution >= 4 is 56.4 Å². The van der Waals surface area contributed by atoms with Crippen LogP contribution >= 0.6 is 38.9 Å². The van der Waals surface area contributed by atoms with Crippen LogP contribution in [0.25, 0.3) is 0 Å². The first-order chi connectivity index (χ1) is 11.6. The van der Waals surface area contributed by atoms with Crippen molar-refractivity contribution in [2.24, 2.45) is 0 Å². The number of carbonyl (C=O) groups excluding carboxylic acids is 2. The van der Waals surface area contributed by atoms with Gasteiger partial charge in [-0.3, -0.25) is 9.59 Å². The topological polar surface area (TPSA) is 49.4 Å². The number of rotatable bonds is 4. The quantitative estimate of drug-likeness (QED) is 0.713. The van der Waals surface area contributed by atoms with Gasteiger partial charge in [0.25, 0.3) is 5.91 Å². The number of halogens is 5. The highest BCUT2D eigenvalue weighted by atomic mass is 79.9. The van der Waals surface area contributed by atoms with E-state index in [0.717, 1.165) is 15.9 Å². The van der Waals surface area contributed by atoms with E-state index < -0.39 is 22.7 Å². The number of alkyl halides is 3. The zero-order chi connectivity index (χ0) is 18.8. The van der Waals surface area contributed by atoms with Crippen molar-refractivity contribution in [3.8, 4) is 0 Å². The summed E-state index contributed by atoms with van der Waals surface area (Å²) >= 11 is 9.98. The molecule has 25 heavy (non-hydrogen) atoms. The molecule has 1 heterocycles. The zero-order valence-electron chi connectivity index (χ0n) is 12.7. The van der Waals surface area contributed by atoms with Crippen LogP contribution in [-0.4, -0.2) is 30.3 Å². The SMILES string of the molecule is CN(CC(=O)Nc1ccc(Cl)c(C(F)(F)F)c1)C(=O)c1ccc(Br)s1. The summed E-state index contributed by atoms with van der Waals surface area (Å²) in [6, 6.07) is 6.38. The van der Waals surface area contributed by atoms with Gasteiger partial charge in [-0.2, -0.15) is 13.2 Å². The number of nitrogens with one attached hydrogen (secondary N) is 1. The predicted octanol–water partition coefficient (Wildman–Crippen LogP) is 4.89. The number of likely N-dealkylation sites (N-methyl/N-ethyl adjacent to an activating group) is 1. The maximum absolute atomic E-state index is 12.8. The summed E-state index contributed by atoms with van der Waals surface area (Å²) < 4.78 is 39.2. The van der Waals surface area contributed by atoms with Gasteiger partial charge in [-0.25, -0.2) is 0 Å². The second-order valence-electron chi connectivity index (χ2n) is 5.01. The molecule has 0 unspecified atom stereocenters. The Morgan fingerprint density at radius 3 is 2.52 bits per heavy atom. The normalized spacial score (nSPS) is 11.3. The third-order valence-electron chi connectivity index (χ3n) is 3.07. The van der Waals surface area contributed by atoms with Gasteiger partial charge in [0.05, 0.1) is 25.8 Å². The Morgan fingerprint density at radius 1 is 1.28 bits per heavy atom. The molecule has 1 aromatic heterocycles. The van der Waals surface area contributed by atoms with Gasteiger partial charge in [-0.05, 0) is 46.3 Å². The molecular weight excluding hydrogens is 445 g/mol. The van der Waals surface area contributed by atoms with Crippen LogP contribution < -0.4 is 5.32 Å². The molecule has 10 heteroatoms. The van der Waals surface area contributed by atoms with Gasteiger partial charge in [0.1, 0.15) is 0 Å². The Bertz CT molecular complexity index is 810. The summed E-state index contributed by atoms with van der Waals surface area (Å²) in [5, 5.41) is 1.87. The largest absolute Gasteiger partial charge is 0.417 e. The molecule has 0 aliphatic carbocycles. The number of hydrogen-bond donors (Lipinski definition) is 1. The number of hydrogen-bond acceptors (Lipinski definition) is 3. The van der Waals surface area contributed by atoms with Crippen LogP contribution in [0, 0.1) is 0 Å². The van der Waals surface area contributed by atoms with Crippen LogP contribution in [0.2, 0.25) is 5.02 Å². The average Bonchev–Trinajstić information content (AvgIpc) is 2.93. The Balaban J connectivity index is 2.04. The van der Waals surface area contributed by atoms with Gasteiger partial charge in [0.2, 0.25) is 5.91 Å². The highest BCUT2D eigenvalue weighted by Gasteiger charge is 2.33. The smallest absolute Gasteiger partial charge is 0.332 e. The molecule has 1 N–H and O–H groups in total. The zero-order valence-corrected chi connectivity index (χ0v) is 15.8. The van der Waals surface area contributed by atoms with Crippen molar-refractivity contribution < 1.29 is 22.8 Å². The third kappa shape index (κ3) is 5.20. The third-order valence-corrected chi connectivity index (χ3v) is 5.01. The van der Waals surface area contributed by atoms with E-state index in [9.17, 15) is 22.8 Å². The van der Waals surface area contributed by atoms with Crippen LogP contribution in [-0.2, 0) is 11.0 Å². The molecule has 1 aromatic carbocycles. The minimum atomic E-state index is -4.63. The Hall–Kier alpha value is -1.58. The minimum absolute atomic E-state index is 0.0542. The average molecular weight is 456 g/mol. The van der Waals surface area contributed by atoms with E-state index in [0.29, 0.717) is 4.88 Å². The summed E-state index contributed by atoms with van der Waals surface area (Å²) in [6.07, 6.45) is -4.63. The fraction of sp³-hybridized carbons (Fsp3) is 0.200.